The van der Waals surface area contributed by atoms with Crippen molar-refractivity contribution in [3.63, 3.8) is 0 Å². The molecule has 2 aromatic carbocycles. The number of benzene rings is 2. The van der Waals surface area contributed by atoms with Gasteiger partial charge in [-0.05, 0) is 35.0 Å². The monoisotopic (exact) mass is 240 g/mol. The summed E-state index contributed by atoms with van der Waals surface area (Å²) in [5, 5.41) is 1.45. The summed E-state index contributed by atoms with van der Waals surface area (Å²) in [6.07, 6.45) is 0. The summed E-state index contributed by atoms with van der Waals surface area (Å²) in [4.78, 5) is -0.329. The number of hydrogen-bond acceptors (Lipinski definition) is 3. The van der Waals surface area contributed by atoms with Crippen LogP contribution in [0, 0.1) is 0 Å². The molecule has 0 atom stereocenters. The SMILES string of the molecule is COc1ccc2cc(S(=O)(=O)F)ccc2c1. The highest BCUT2D eigenvalue weighted by Crippen LogP contribution is 2.24. The van der Waals surface area contributed by atoms with E-state index < -0.39 is 10.2 Å². The van der Waals surface area contributed by atoms with Crippen LogP contribution in [0.15, 0.2) is 41.3 Å². The van der Waals surface area contributed by atoms with Crippen LogP contribution >= 0.6 is 0 Å². The number of methoxy groups -OCH3 is 1. The molecule has 0 amide bonds. The second kappa shape index (κ2) is 3.75. The van der Waals surface area contributed by atoms with Gasteiger partial charge in [-0.2, -0.15) is 8.42 Å². The molecule has 2 rings (SSSR count). The number of halogens is 1. The number of hydrogen-bond donors (Lipinski definition) is 0. The number of fused-ring (bicyclic) bond motifs is 1. The number of rotatable bonds is 2. The summed E-state index contributed by atoms with van der Waals surface area (Å²) in [6.45, 7) is 0. The molecule has 0 heterocycles. The Bertz CT molecular complexity index is 635. The van der Waals surface area contributed by atoms with Crippen LogP contribution in [-0.4, -0.2) is 15.5 Å². The first-order valence-corrected chi connectivity index (χ1v) is 5.91. The molecule has 0 aliphatic rings. The van der Waals surface area contributed by atoms with Crippen LogP contribution in [0.5, 0.6) is 5.75 Å². The molecule has 84 valence electrons. The fraction of sp³-hybridized carbons (Fsp3) is 0.0909. The van der Waals surface area contributed by atoms with Crippen LogP contribution in [0.1, 0.15) is 0 Å². The lowest BCUT2D eigenvalue weighted by atomic mass is 10.1. The Labute approximate surface area is 92.7 Å². The van der Waals surface area contributed by atoms with Crippen molar-refractivity contribution in [1.29, 1.82) is 0 Å². The summed E-state index contributed by atoms with van der Waals surface area (Å²) < 4.78 is 39.2. The second-order valence-corrected chi connectivity index (χ2v) is 4.66. The van der Waals surface area contributed by atoms with Crippen molar-refractivity contribution in [1.82, 2.24) is 0 Å². The van der Waals surface area contributed by atoms with E-state index in [1.165, 1.54) is 12.1 Å². The first kappa shape index (κ1) is 10.9. The van der Waals surface area contributed by atoms with Crippen molar-refractivity contribution in [3.05, 3.63) is 36.4 Å². The maximum Gasteiger partial charge on any atom is 0.332 e. The Morgan fingerprint density at radius 3 is 2.31 bits per heavy atom. The molecule has 0 saturated heterocycles. The van der Waals surface area contributed by atoms with Gasteiger partial charge in [0.1, 0.15) is 5.75 Å². The molecule has 5 heteroatoms. The van der Waals surface area contributed by atoms with Crippen LogP contribution in [0.4, 0.5) is 3.89 Å². The van der Waals surface area contributed by atoms with E-state index in [4.69, 9.17) is 4.74 Å². The Kier molecular flexibility index (Phi) is 2.55. The zero-order chi connectivity index (χ0) is 11.8. The molecule has 2 aromatic rings. The lowest BCUT2D eigenvalue weighted by molar-refractivity contribution is 0.415. The largest absolute Gasteiger partial charge is 0.497 e. The van der Waals surface area contributed by atoms with Gasteiger partial charge < -0.3 is 4.74 Å². The molecule has 3 nitrogen and oxygen atoms in total. The molecular formula is C11H9FO3S. The van der Waals surface area contributed by atoms with E-state index in [2.05, 4.69) is 0 Å². The summed E-state index contributed by atoms with van der Waals surface area (Å²) in [7, 11) is -3.10. The summed E-state index contributed by atoms with van der Waals surface area (Å²) >= 11 is 0. The maximum atomic E-state index is 12.7. The molecule has 16 heavy (non-hydrogen) atoms. The third kappa shape index (κ3) is 1.99. The standard InChI is InChI=1S/C11H9FO3S/c1-15-10-4-2-9-7-11(16(12,13)14)5-3-8(9)6-10/h2-7H,1H3. The summed E-state index contributed by atoms with van der Waals surface area (Å²) in [5.41, 5.74) is 0. The molecule has 0 fully saturated rings. The molecule has 0 aliphatic heterocycles. The predicted octanol–water partition coefficient (Wildman–Crippen LogP) is 2.51. The Hall–Kier alpha value is -1.62. The zero-order valence-corrected chi connectivity index (χ0v) is 9.29. The molecule has 0 aliphatic carbocycles. The fourth-order valence-electron chi connectivity index (χ4n) is 1.48. The zero-order valence-electron chi connectivity index (χ0n) is 8.48. The molecule has 0 saturated carbocycles. The van der Waals surface area contributed by atoms with Crippen LogP contribution < -0.4 is 4.74 Å². The normalized spacial score (nSPS) is 11.6. The number of ether oxygens (including phenoxy) is 1. The minimum absolute atomic E-state index is 0.329. The molecule has 0 bridgehead atoms. The first-order valence-electron chi connectivity index (χ1n) is 4.53. The Morgan fingerprint density at radius 2 is 1.69 bits per heavy atom. The summed E-state index contributed by atoms with van der Waals surface area (Å²) in [5.74, 6) is 0.670. The van der Waals surface area contributed by atoms with Crippen LogP contribution in [0.2, 0.25) is 0 Å². The van der Waals surface area contributed by atoms with Crippen LogP contribution in [-0.2, 0) is 10.2 Å². The van der Waals surface area contributed by atoms with E-state index in [0.717, 1.165) is 5.39 Å². The van der Waals surface area contributed by atoms with Crippen molar-refractivity contribution in [2.24, 2.45) is 0 Å². The average molecular weight is 240 g/mol. The van der Waals surface area contributed by atoms with Crippen molar-refractivity contribution in [3.8, 4) is 5.75 Å². The lowest BCUT2D eigenvalue weighted by Gasteiger charge is -2.03. The first-order chi connectivity index (χ1) is 7.50. The molecule has 0 radical (unpaired) electrons. The van der Waals surface area contributed by atoms with Gasteiger partial charge >= 0.3 is 10.2 Å². The minimum Gasteiger partial charge on any atom is -0.497 e. The van der Waals surface area contributed by atoms with Crippen molar-refractivity contribution >= 4 is 21.0 Å². The quantitative estimate of drug-likeness (QED) is 0.757. The predicted molar refractivity (Wildman–Crippen MR) is 58.8 cm³/mol. The van der Waals surface area contributed by atoms with Gasteiger partial charge in [-0.1, -0.05) is 12.1 Å². The topological polar surface area (TPSA) is 43.4 Å². The van der Waals surface area contributed by atoms with E-state index in [1.807, 2.05) is 0 Å². The van der Waals surface area contributed by atoms with Crippen LogP contribution in [0.3, 0.4) is 0 Å². The lowest BCUT2D eigenvalue weighted by Crippen LogP contribution is -1.91. The van der Waals surface area contributed by atoms with E-state index in [1.54, 1.807) is 31.4 Å². The van der Waals surface area contributed by atoms with Gasteiger partial charge in [0.25, 0.3) is 0 Å². The van der Waals surface area contributed by atoms with E-state index in [9.17, 15) is 12.3 Å². The second-order valence-electron chi connectivity index (χ2n) is 3.31. The Balaban J connectivity index is 2.65. The molecular weight excluding hydrogens is 231 g/mol. The average Bonchev–Trinajstić information content (AvgIpc) is 2.26. The molecule has 0 spiro atoms. The van der Waals surface area contributed by atoms with E-state index in [-0.39, 0.29) is 4.90 Å². The maximum absolute atomic E-state index is 12.7. The van der Waals surface area contributed by atoms with Crippen molar-refractivity contribution in [2.75, 3.05) is 7.11 Å². The van der Waals surface area contributed by atoms with Crippen molar-refractivity contribution < 1.29 is 17.0 Å². The highest BCUT2D eigenvalue weighted by Gasteiger charge is 2.11. The highest BCUT2D eigenvalue weighted by atomic mass is 32.3. The van der Waals surface area contributed by atoms with Gasteiger partial charge in [0.2, 0.25) is 0 Å². The third-order valence-corrected chi connectivity index (χ3v) is 3.12. The molecule has 0 unspecified atom stereocenters. The van der Waals surface area contributed by atoms with Crippen LogP contribution in [0.25, 0.3) is 10.8 Å². The summed E-state index contributed by atoms with van der Waals surface area (Å²) in [6, 6.07) is 9.20. The van der Waals surface area contributed by atoms with Crippen molar-refractivity contribution in [2.45, 2.75) is 4.90 Å². The highest BCUT2D eigenvalue weighted by molar-refractivity contribution is 7.86. The van der Waals surface area contributed by atoms with Gasteiger partial charge in [-0.3, -0.25) is 0 Å². The van der Waals surface area contributed by atoms with Gasteiger partial charge in [-0.15, -0.1) is 3.89 Å². The Morgan fingerprint density at radius 1 is 1.06 bits per heavy atom. The minimum atomic E-state index is -4.64. The molecule has 0 aromatic heterocycles. The van der Waals surface area contributed by atoms with E-state index >= 15 is 0 Å². The van der Waals surface area contributed by atoms with E-state index in [0.29, 0.717) is 11.1 Å². The molecule has 0 N–H and O–H groups in total. The van der Waals surface area contributed by atoms with Gasteiger partial charge in [-0.25, -0.2) is 0 Å². The third-order valence-electron chi connectivity index (χ3n) is 2.30. The van der Waals surface area contributed by atoms with Gasteiger partial charge in [0, 0.05) is 0 Å². The van der Waals surface area contributed by atoms with Gasteiger partial charge in [0.15, 0.2) is 0 Å². The fourth-order valence-corrected chi connectivity index (χ4v) is 1.98. The smallest absolute Gasteiger partial charge is 0.332 e. The van der Waals surface area contributed by atoms with Gasteiger partial charge in [0.05, 0.1) is 12.0 Å².